The number of carboxylic acid groups (broad SMARTS) is 1. The molecule has 3 nitrogen and oxygen atoms in total. The largest absolute Gasteiger partial charge is 0.481 e. The van der Waals surface area contributed by atoms with Gasteiger partial charge in [-0.2, -0.15) is 0 Å². The molecular formula is C3H7Cl2NO2. The van der Waals surface area contributed by atoms with Crippen molar-refractivity contribution in [1.29, 1.82) is 0 Å². The first kappa shape index (κ1) is 10.9. The molecule has 0 spiro atoms. The molecule has 0 fully saturated rings. The molecule has 0 aromatic carbocycles. The number of nitrogens with two attached hydrogens (primary N) is 1. The summed E-state index contributed by atoms with van der Waals surface area (Å²) in [5, 5.41) is 7.92. The van der Waals surface area contributed by atoms with Crippen LogP contribution in [-0.4, -0.2) is 16.6 Å². The number of aliphatic carboxylic acids is 1. The van der Waals surface area contributed by atoms with Gasteiger partial charge < -0.3 is 10.8 Å². The van der Waals surface area contributed by atoms with E-state index < -0.39 is 11.5 Å². The van der Waals surface area contributed by atoms with Crippen molar-refractivity contribution in [3.63, 3.8) is 0 Å². The lowest BCUT2D eigenvalue weighted by molar-refractivity contribution is -0.136. The molecule has 0 aromatic rings. The smallest absolute Gasteiger partial charge is 0.306 e. The van der Waals surface area contributed by atoms with Crippen LogP contribution in [0.1, 0.15) is 6.42 Å². The zero-order valence-electron chi connectivity index (χ0n) is 4.00. The van der Waals surface area contributed by atoms with Gasteiger partial charge in [0.2, 0.25) is 0 Å². The molecule has 0 aliphatic heterocycles. The van der Waals surface area contributed by atoms with E-state index in [2.05, 4.69) is 0 Å². The Hall–Kier alpha value is 0.01000. The van der Waals surface area contributed by atoms with Crippen LogP contribution in [0.5, 0.6) is 0 Å². The van der Waals surface area contributed by atoms with Crippen molar-refractivity contribution >= 4 is 30.0 Å². The van der Waals surface area contributed by atoms with Gasteiger partial charge in [0.15, 0.2) is 0 Å². The highest BCUT2D eigenvalue weighted by atomic mass is 35.5. The summed E-state index contributed by atoms with van der Waals surface area (Å²) in [6.45, 7) is 0. The SMILES string of the molecule is Cl.NC(Cl)CC(=O)O. The lowest BCUT2D eigenvalue weighted by Gasteiger charge is -1.92. The number of carboxylic acids is 1. The van der Waals surface area contributed by atoms with Gasteiger partial charge in [-0.3, -0.25) is 4.79 Å². The molecule has 0 aliphatic carbocycles. The average molecular weight is 160 g/mol. The fourth-order valence-corrected chi connectivity index (χ4v) is 0.299. The van der Waals surface area contributed by atoms with E-state index in [1.54, 1.807) is 0 Å². The number of hydrogen-bond acceptors (Lipinski definition) is 2. The van der Waals surface area contributed by atoms with Gasteiger partial charge in [-0.25, -0.2) is 0 Å². The highest BCUT2D eigenvalue weighted by molar-refractivity contribution is 6.21. The Morgan fingerprint density at radius 3 is 2.25 bits per heavy atom. The van der Waals surface area contributed by atoms with E-state index in [-0.39, 0.29) is 18.8 Å². The fourth-order valence-electron chi connectivity index (χ4n) is 0.167. The molecule has 0 bridgehead atoms. The molecule has 8 heavy (non-hydrogen) atoms. The summed E-state index contributed by atoms with van der Waals surface area (Å²) in [5.74, 6) is -0.970. The van der Waals surface area contributed by atoms with Crippen molar-refractivity contribution in [2.24, 2.45) is 5.73 Å². The lowest BCUT2D eigenvalue weighted by Crippen LogP contribution is -2.16. The van der Waals surface area contributed by atoms with Crippen molar-refractivity contribution in [3.8, 4) is 0 Å². The van der Waals surface area contributed by atoms with Crippen LogP contribution in [0.3, 0.4) is 0 Å². The Kier molecular flexibility index (Phi) is 7.02. The minimum absolute atomic E-state index is 0. The first-order valence-electron chi connectivity index (χ1n) is 1.74. The van der Waals surface area contributed by atoms with Gasteiger partial charge in [0, 0.05) is 0 Å². The van der Waals surface area contributed by atoms with E-state index in [9.17, 15) is 4.79 Å². The molecular weight excluding hydrogens is 153 g/mol. The number of carbonyl (C=O) groups is 1. The summed E-state index contributed by atoms with van der Waals surface area (Å²) in [7, 11) is 0. The molecule has 5 heteroatoms. The Bertz CT molecular complexity index is 75.7. The van der Waals surface area contributed by atoms with Crippen LogP contribution in [0.2, 0.25) is 0 Å². The topological polar surface area (TPSA) is 63.3 Å². The summed E-state index contributed by atoms with van der Waals surface area (Å²) in [6, 6.07) is 0. The average Bonchev–Trinajstić information content (AvgIpc) is 1.27. The van der Waals surface area contributed by atoms with Crippen LogP contribution in [-0.2, 0) is 4.79 Å². The monoisotopic (exact) mass is 159 g/mol. The fraction of sp³-hybridized carbons (Fsp3) is 0.667. The minimum atomic E-state index is -0.970. The zero-order valence-corrected chi connectivity index (χ0v) is 5.58. The second-order valence-corrected chi connectivity index (χ2v) is 1.67. The van der Waals surface area contributed by atoms with Crippen LogP contribution in [0.25, 0.3) is 0 Å². The van der Waals surface area contributed by atoms with E-state index in [4.69, 9.17) is 22.4 Å². The third-order valence-electron chi connectivity index (χ3n) is 0.370. The number of halogens is 2. The maximum atomic E-state index is 9.65. The Morgan fingerprint density at radius 1 is 1.88 bits per heavy atom. The lowest BCUT2D eigenvalue weighted by atomic mass is 10.4. The van der Waals surface area contributed by atoms with Gasteiger partial charge in [-0.1, -0.05) is 0 Å². The van der Waals surface area contributed by atoms with Gasteiger partial charge in [-0.05, 0) is 0 Å². The highest BCUT2D eigenvalue weighted by Crippen LogP contribution is 1.90. The van der Waals surface area contributed by atoms with E-state index in [0.717, 1.165) is 0 Å². The van der Waals surface area contributed by atoms with E-state index in [0.29, 0.717) is 0 Å². The molecule has 0 amide bonds. The first-order chi connectivity index (χ1) is 3.13. The molecule has 1 unspecified atom stereocenters. The summed E-state index contributed by atoms with van der Waals surface area (Å²) in [6.07, 6.45) is -0.179. The van der Waals surface area contributed by atoms with Gasteiger partial charge in [0.05, 0.1) is 11.9 Å². The molecule has 0 heterocycles. The zero-order chi connectivity index (χ0) is 5.86. The number of alkyl halides is 1. The first-order valence-corrected chi connectivity index (χ1v) is 2.18. The van der Waals surface area contributed by atoms with Crippen molar-refractivity contribution in [2.75, 3.05) is 0 Å². The molecule has 3 N–H and O–H groups in total. The minimum Gasteiger partial charge on any atom is -0.481 e. The molecule has 0 aliphatic rings. The number of hydrogen-bond donors (Lipinski definition) is 2. The molecule has 0 aromatic heterocycles. The van der Waals surface area contributed by atoms with Crippen molar-refractivity contribution in [1.82, 2.24) is 0 Å². The molecule has 0 radical (unpaired) electrons. The molecule has 0 saturated heterocycles. The second kappa shape index (κ2) is 5.15. The predicted octanol–water partition coefficient (Wildman–Crippen LogP) is 0.407. The summed E-state index contributed by atoms with van der Waals surface area (Å²) >= 11 is 5.07. The van der Waals surface area contributed by atoms with Crippen molar-refractivity contribution in [2.45, 2.75) is 11.9 Å². The van der Waals surface area contributed by atoms with Crippen molar-refractivity contribution < 1.29 is 9.90 Å². The van der Waals surface area contributed by atoms with Gasteiger partial charge in [0.1, 0.15) is 0 Å². The summed E-state index contributed by atoms with van der Waals surface area (Å²) in [4.78, 5) is 9.65. The van der Waals surface area contributed by atoms with Crippen LogP contribution < -0.4 is 5.73 Å². The summed E-state index contributed by atoms with van der Waals surface area (Å²) < 4.78 is 0. The van der Waals surface area contributed by atoms with E-state index in [1.165, 1.54) is 0 Å². The third kappa shape index (κ3) is 9.38. The Morgan fingerprint density at radius 2 is 2.25 bits per heavy atom. The number of rotatable bonds is 2. The van der Waals surface area contributed by atoms with Gasteiger partial charge in [-0.15, -0.1) is 24.0 Å². The quantitative estimate of drug-likeness (QED) is 0.454. The van der Waals surface area contributed by atoms with Gasteiger partial charge in [0.25, 0.3) is 0 Å². The van der Waals surface area contributed by atoms with Crippen LogP contribution in [0.15, 0.2) is 0 Å². The van der Waals surface area contributed by atoms with Crippen LogP contribution >= 0.6 is 24.0 Å². The third-order valence-corrected chi connectivity index (χ3v) is 0.524. The second-order valence-electron chi connectivity index (χ2n) is 1.11. The standard InChI is InChI=1S/C3H6ClNO2.ClH/c4-2(5)1-3(6)7;/h2H,1,5H2,(H,6,7);1H. The van der Waals surface area contributed by atoms with Gasteiger partial charge >= 0.3 is 5.97 Å². The Labute approximate surface area is 58.2 Å². The van der Waals surface area contributed by atoms with Crippen molar-refractivity contribution in [3.05, 3.63) is 0 Å². The van der Waals surface area contributed by atoms with E-state index >= 15 is 0 Å². The molecule has 50 valence electrons. The van der Waals surface area contributed by atoms with E-state index in [1.807, 2.05) is 0 Å². The maximum absolute atomic E-state index is 9.65. The Balaban J connectivity index is 0. The highest BCUT2D eigenvalue weighted by Gasteiger charge is 2.00. The van der Waals surface area contributed by atoms with Crippen LogP contribution in [0, 0.1) is 0 Å². The van der Waals surface area contributed by atoms with Crippen LogP contribution in [0.4, 0.5) is 0 Å². The predicted molar refractivity (Wildman–Crippen MR) is 33.3 cm³/mol. The molecule has 0 saturated carbocycles. The maximum Gasteiger partial charge on any atom is 0.306 e. The normalized spacial score (nSPS) is 11.8. The molecule has 1 atom stereocenters. The summed E-state index contributed by atoms with van der Waals surface area (Å²) in [5.41, 5.74) is 4.13. The molecule has 0 rings (SSSR count).